The Balaban J connectivity index is 1.87. The maximum Gasteiger partial charge on any atom is -0.00178 e. The SMILES string of the molecule is CCCNCC1CCC1Cc1cc(C)ccc1C. The number of aryl methyl sites for hydroxylation is 2. The van der Waals surface area contributed by atoms with Gasteiger partial charge in [-0.15, -0.1) is 0 Å². The third kappa shape index (κ3) is 3.35. The van der Waals surface area contributed by atoms with Crippen LogP contribution in [0.25, 0.3) is 0 Å². The standard InChI is InChI=1S/C17H27N/c1-4-9-18-12-16-8-7-15(16)11-17-10-13(2)5-6-14(17)3/h5-6,10,15-16,18H,4,7-9,11-12H2,1-3H3. The summed E-state index contributed by atoms with van der Waals surface area (Å²) in [6.07, 6.45) is 5.37. The molecule has 0 amide bonds. The predicted octanol–water partition coefficient (Wildman–Crippen LogP) is 3.87. The smallest absolute Gasteiger partial charge is 0.00178 e. The molecule has 1 N–H and O–H groups in total. The van der Waals surface area contributed by atoms with E-state index in [1.165, 1.54) is 49.9 Å². The summed E-state index contributed by atoms with van der Waals surface area (Å²) >= 11 is 0. The van der Waals surface area contributed by atoms with Gasteiger partial charge in [0, 0.05) is 0 Å². The van der Waals surface area contributed by atoms with Crippen LogP contribution in [0.1, 0.15) is 42.9 Å². The minimum atomic E-state index is 0.912. The Kier molecular flexibility index (Phi) is 4.82. The maximum atomic E-state index is 3.58. The summed E-state index contributed by atoms with van der Waals surface area (Å²) in [5, 5.41) is 3.58. The summed E-state index contributed by atoms with van der Waals surface area (Å²) in [5.74, 6) is 1.83. The fourth-order valence-corrected chi connectivity index (χ4v) is 2.94. The lowest BCUT2D eigenvalue weighted by atomic mass is 9.70. The van der Waals surface area contributed by atoms with Gasteiger partial charge < -0.3 is 5.32 Å². The zero-order valence-electron chi connectivity index (χ0n) is 12.1. The molecule has 1 nitrogen and oxygen atoms in total. The van der Waals surface area contributed by atoms with Crippen LogP contribution in [0.3, 0.4) is 0 Å². The molecule has 100 valence electrons. The van der Waals surface area contributed by atoms with Crippen molar-refractivity contribution in [2.45, 2.75) is 46.5 Å². The molecule has 2 unspecified atom stereocenters. The van der Waals surface area contributed by atoms with Crippen LogP contribution >= 0.6 is 0 Å². The first-order chi connectivity index (χ1) is 8.70. The monoisotopic (exact) mass is 245 g/mol. The third-order valence-electron chi connectivity index (χ3n) is 4.39. The fourth-order valence-electron chi connectivity index (χ4n) is 2.94. The zero-order chi connectivity index (χ0) is 13.0. The van der Waals surface area contributed by atoms with Gasteiger partial charge >= 0.3 is 0 Å². The molecule has 0 aliphatic heterocycles. The molecule has 1 aromatic carbocycles. The van der Waals surface area contributed by atoms with E-state index in [4.69, 9.17) is 0 Å². The van der Waals surface area contributed by atoms with E-state index >= 15 is 0 Å². The molecule has 1 aliphatic rings. The van der Waals surface area contributed by atoms with Gasteiger partial charge in [0.2, 0.25) is 0 Å². The molecule has 0 radical (unpaired) electrons. The first-order valence-electron chi connectivity index (χ1n) is 7.47. The van der Waals surface area contributed by atoms with Gasteiger partial charge in [-0.25, -0.2) is 0 Å². The van der Waals surface area contributed by atoms with E-state index in [1.807, 2.05) is 0 Å². The van der Waals surface area contributed by atoms with Crippen molar-refractivity contribution in [2.24, 2.45) is 11.8 Å². The van der Waals surface area contributed by atoms with Crippen molar-refractivity contribution in [3.8, 4) is 0 Å². The molecule has 0 spiro atoms. The Hall–Kier alpha value is -0.820. The van der Waals surface area contributed by atoms with Gasteiger partial charge in [-0.2, -0.15) is 0 Å². The van der Waals surface area contributed by atoms with Crippen LogP contribution in [0.2, 0.25) is 0 Å². The van der Waals surface area contributed by atoms with E-state index in [0.717, 1.165) is 11.8 Å². The molecule has 0 aromatic heterocycles. The number of hydrogen-bond donors (Lipinski definition) is 1. The van der Waals surface area contributed by atoms with Gasteiger partial charge in [0.05, 0.1) is 0 Å². The molecule has 1 aromatic rings. The van der Waals surface area contributed by atoms with E-state index in [-0.39, 0.29) is 0 Å². The van der Waals surface area contributed by atoms with E-state index in [2.05, 4.69) is 44.3 Å². The van der Waals surface area contributed by atoms with Gasteiger partial charge in [-0.1, -0.05) is 30.7 Å². The molecular weight excluding hydrogens is 218 g/mol. The average molecular weight is 245 g/mol. The van der Waals surface area contributed by atoms with Gasteiger partial charge in [-0.3, -0.25) is 0 Å². The van der Waals surface area contributed by atoms with E-state index in [1.54, 1.807) is 5.56 Å². The van der Waals surface area contributed by atoms with Crippen LogP contribution < -0.4 is 5.32 Å². The molecule has 1 saturated carbocycles. The van der Waals surface area contributed by atoms with Gasteiger partial charge in [0.15, 0.2) is 0 Å². The van der Waals surface area contributed by atoms with Crippen molar-refractivity contribution in [3.05, 3.63) is 34.9 Å². The topological polar surface area (TPSA) is 12.0 Å². The van der Waals surface area contributed by atoms with E-state index in [9.17, 15) is 0 Å². The number of nitrogens with one attached hydrogen (secondary N) is 1. The minimum absolute atomic E-state index is 0.912. The van der Waals surface area contributed by atoms with Gasteiger partial charge in [-0.05, 0) is 75.6 Å². The second-order valence-corrected chi connectivity index (χ2v) is 5.94. The largest absolute Gasteiger partial charge is 0.316 e. The zero-order valence-corrected chi connectivity index (χ0v) is 12.1. The highest BCUT2D eigenvalue weighted by molar-refractivity contribution is 5.31. The number of hydrogen-bond acceptors (Lipinski definition) is 1. The molecule has 0 bridgehead atoms. The highest BCUT2D eigenvalue weighted by Gasteiger charge is 2.30. The second-order valence-electron chi connectivity index (χ2n) is 5.94. The fraction of sp³-hybridized carbons (Fsp3) is 0.647. The van der Waals surface area contributed by atoms with Crippen molar-refractivity contribution in [3.63, 3.8) is 0 Å². The van der Waals surface area contributed by atoms with Crippen LogP contribution in [-0.4, -0.2) is 13.1 Å². The Morgan fingerprint density at radius 2 is 1.94 bits per heavy atom. The van der Waals surface area contributed by atoms with Crippen molar-refractivity contribution in [1.29, 1.82) is 0 Å². The van der Waals surface area contributed by atoms with Crippen molar-refractivity contribution in [2.75, 3.05) is 13.1 Å². The number of rotatable bonds is 6. The predicted molar refractivity (Wildman–Crippen MR) is 79.0 cm³/mol. The Bertz CT molecular complexity index is 383. The van der Waals surface area contributed by atoms with Crippen molar-refractivity contribution in [1.82, 2.24) is 5.32 Å². The summed E-state index contributed by atoms with van der Waals surface area (Å²) in [5.41, 5.74) is 4.43. The van der Waals surface area contributed by atoms with Crippen LogP contribution in [0.5, 0.6) is 0 Å². The van der Waals surface area contributed by atoms with Crippen LogP contribution in [-0.2, 0) is 6.42 Å². The molecule has 18 heavy (non-hydrogen) atoms. The highest BCUT2D eigenvalue weighted by Crippen LogP contribution is 2.36. The molecule has 2 rings (SSSR count). The van der Waals surface area contributed by atoms with E-state index in [0.29, 0.717) is 0 Å². The van der Waals surface area contributed by atoms with Gasteiger partial charge in [0.1, 0.15) is 0 Å². The van der Waals surface area contributed by atoms with Crippen LogP contribution in [0, 0.1) is 25.7 Å². The quantitative estimate of drug-likeness (QED) is 0.750. The molecule has 0 saturated heterocycles. The molecule has 1 heteroatoms. The normalized spacial score (nSPS) is 22.8. The highest BCUT2D eigenvalue weighted by atomic mass is 14.9. The van der Waals surface area contributed by atoms with Crippen molar-refractivity contribution >= 4 is 0 Å². The molecule has 1 aliphatic carbocycles. The first-order valence-corrected chi connectivity index (χ1v) is 7.47. The Morgan fingerprint density at radius 1 is 1.17 bits per heavy atom. The third-order valence-corrected chi connectivity index (χ3v) is 4.39. The molecule has 1 fully saturated rings. The summed E-state index contributed by atoms with van der Waals surface area (Å²) in [4.78, 5) is 0. The average Bonchev–Trinajstić information content (AvgIpc) is 2.34. The second kappa shape index (κ2) is 6.38. The van der Waals surface area contributed by atoms with Crippen molar-refractivity contribution < 1.29 is 0 Å². The van der Waals surface area contributed by atoms with Crippen LogP contribution in [0.4, 0.5) is 0 Å². The maximum absolute atomic E-state index is 3.58. The Labute approximate surface area is 112 Å². The summed E-state index contributed by atoms with van der Waals surface area (Å²) < 4.78 is 0. The summed E-state index contributed by atoms with van der Waals surface area (Å²) in [6.45, 7) is 9.08. The molecule has 0 heterocycles. The lowest BCUT2D eigenvalue weighted by Gasteiger charge is -2.37. The minimum Gasteiger partial charge on any atom is -0.316 e. The summed E-state index contributed by atoms with van der Waals surface area (Å²) in [7, 11) is 0. The summed E-state index contributed by atoms with van der Waals surface area (Å²) in [6, 6.07) is 6.87. The van der Waals surface area contributed by atoms with Gasteiger partial charge in [0.25, 0.3) is 0 Å². The van der Waals surface area contributed by atoms with E-state index < -0.39 is 0 Å². The lowest BCUT2D eigenvalue weighted by Crippen LogP contribution is -2.36. The Morgan fingerprint density at radius 3 is 2.61 bits per heavy atom. The molecular formula is C17H27N. The van der Waals surface area contributed by atoms with Crippen LogP contribution in [0.15, 0.2) is 18.2 Å². The number of benzene rings is 1. The molecule has 2 atom stereocenters. The first kappa shape index (κ1) is 13.6. The lowest BCUT2D eigenvalue weighted by molar-refractivity contribution is 0.171.